The van der Waals surface area contributed by atoms with Crippen molar-refractivity contribution < 1.29 is 0 Å². The summed E-state index contributed by atoms with van der Waals surface area (Å²) < 4.78 is 0. The van der Waals surface area contributed by atoms with Crippen molar-refractivity contribution in [3.8, 4) is 0 Å². The van der Waals surface area contributed by atoms with Gasteiger partial charge in [-0.25, -0.2) is 0 Å². The van der Waals surface area contributed by atoms with Crippen LogP contribution in [0.4, 0.5) is 11.4 Å². The van der Waals surface area contributed by atoms with E-state index in [2.05, 4.69) is 73.5 Å². The molecule has 2 rings (SSSR count). The van der Waals surface area contributed by atoms with E-state index < -0.39 is 0 Å². The molecule has 0 aromatic heterocycles. The number of anilines is 2. The van der Waals surface area contributed by atoms with Crippen molar-refractivity contribution in [1.82, 2.24) is 0 Å². The number of aryl methyl sites for hydroxylation is 1. The molecule has 18 heavy (non-hydrogen) atoms. The van der Waals surface area contributed by atoms with Gasteiger partial charge in [-0.2, -0.15) is 0 Å². The quantitative estimate of drug-likeness (QED) is 0.724. The average molecular weight is 239 g/mol. The Balaban J connectivity index is 2.27. The van der Waals surface area contributed by atoms with Gasteiger partial charge in [0.25, 0.3) is 0 Å². The van der Waals surface area contributed by atoms with Gasteiger partial charge in [0.2, 0.25) is 0 Å². The summed E-state index contributed by atoms with van der Waals surface area (Å²) in [5.41, 5.74) is 3.99. The SMILES string of the molecule is CCCCc1ccccc1N(C)c1ccccc1. The van der Waals surface area contributed by atoms with Crippen LogP contribution >= 0.6 is 0 Å². The predicted octanol–water partition coefficient (Wildman–Crippen LogP) is 4.80. The summed E-state index contributed by atoms with van der Waals surface area (Å²) in [6, 6.07) is 19.2. The Hall–Kier alpha value is -1.76. The van der Waals surface area contributed by atoms with Crippen LogP contribution < -0.4 is 4.90 Å². The number of rotatable bonds is 5. The van der Waals surface area contributed by atoms with Gasteiger partial charge >= 0.3 is 0 Å². The van der Waals surface area contributed by atoms with Crippen molar-refractivity contribution in [2.24, 2.45) is 0 Å². The van der Waals surface area contributed by atoms with Gasteiger partial charge in [-0.3, -0.25) is 0 Å². The molecule has 0 radical (unpaired) electrons. The zero-order valence-corrected chi connectivity index (χ0v) is 11.3. The molecule has 94 valence electrons. The summed E-state index contributed by atoms with van der Waals surface area (Å²) in [6.45, 7) is 2.24. The van der Waals surface area contributed by atoms with E-state index in [1.54, 1.807) is 0 Å². The number of para-hydroxylation sites is 2. The third-order valence-electron chi connectivity index (χ3n) is 3.30. The lowest BCUT2D eigenvalue weighted by molar-refractivity contribution is 0.794. The maximum atomic E-state index is 2.27. The third kappa shape index (κ3) is 2.92. The summed E-state index contributed by atoms with van der Waals surface area (Å²) in [4.78, 5) is 2.27. The van der Waals surface area contributed by atoms with E-state index in [-0.39, 0.29) is 0 Å². The summed E-state index contributed by atoms with van der Waals surface area (Å²) in [6.07, 6.45) is 3.65. The fourth-order valence-electron chi connectivity index (χ4n) is 2.21. The number of nitrogens with zero attached hydrogens (tertiary/aromatic N) is 1. The fourth-order valence-corrected chi connectivity index (χ4v) is 2.21. The Bertz CT molecular complexity index is 476. The molecule has 0 unspecified atom stereocenters. The Kier molecular flexibility index (Phi) is 4.40. The van der Waals surface area contributed by atoms with E-state index >= 15 is 0 Å². The highest BCUT2D eigenvalue weighted by Gasteiger charge is 2.07. The third-order valence-corrected chi connectivity index (χ3v) is 3.30. The zero-order chi connectivity index (χ0) is 12.8. The first kappa shape index (κ1) is 12.7. The van der Waals surface area contributed by atoms with Gasteiger partial charge in [-0.05, 0) is 36.6 Å². The molecule has 0 saturated heterocycles. The molecular weight excluding hydrogens is 218 g/mol. The molecule has 0 heterocycles. The Labute approximate surface area is 110 Å². The minimum Gasteiger partial charge on any atom is -0.344 e. The lowest BCUT2D eigenvalue weighted by Gasteiger charge is -2.22. The molecular formula is C17H21N. The highest BCUT2D eigenvalue weighted by Crippen LogP contribution is 2.27. The van der Waals surface area contributed by atoms with Crippen molar-refractivity contribution in [3.05, 3.63) is 60.2 Å². The summed E-state index contributed by atoms with van der Waals surface area (Å²) in [5, 5.41) is 0. The van der Waals surface area contributed by atoms with Gasteiger partial charge in [-0.1, -0.05) is 49.7 Å². The number of unbranched alkanes of at least 4 members (excludes halogenated alkanes) is 1. The van der Waals surface area contributed by atoms with Crippen LogP contribution in [0.25, 0.3) is 0 Å². The average Bonchev–Trinajstić information content (AvgIpc) is 2.45. The summed E-state index contributed by atoms with van der Waals surface area (Å²) >= 11 is 0. The number of hydrogen-bond acceptors (Lipinski definition) is 1. The van der Waals surface area contributed by atoms with Crippen LogP contribution in [0, 0.1) is 0 Å². The van der Waals surface area contributed by atoms with Gasteiger partial charge in [0.1, 0.15) is 0 Å². The number of benzene rings is 2. The molecule has 0 amide bonds. The van der Waals surface area contributed by atoms with Gasteiger partial charge < -0.3 is 4.90 Å². The topological polar surface area (TPSA) is 3.24 Å². The van der Waals surface area contributed by atoms with Crippen LogP contribution in [-0.2, 0) is 6.42 Å². The van der Waals surface area contributed by atoms with E-state index in [1.165, 1.54) is 29.8 Å². The van der Waals surface area contributed by atoms with Crippen molar-refractivity contribution >= 4 is 11.4 Å². The molecule has 0 aliphatic rings. The molecule has 2 aromatic rings. The van der Waals surface area contributed by atoms with Gasteiger partial charge in [0.15, 0.2) is 0 Å². The second kappa shape index (κ2) is 6.25. The van der Waals surface area contributed by atoms with Crippen LogP contribution in [-0.4, -0.2) is 7.05 Å². The lowest BCUT2D eigenvalue weighted by Crippen LogP contribution is -2.11. The standard InChI is InChI=1S/C17H21N/c1-3-4-10-15-11-8-9-14-17(15)18(2)16-12-6-5-7-13-16/h5-9,11-14H,3-4,10H2,1-2H3. The molecule has 1 nitrogen and oxygen atoms in total. The first-order chi connectivity index (χ1) is 8.83. The predicted molar refractivity (Wildman–Crippen MR) is 79.6 cm³/mol. The maximum Gasteiger partial charge on any atom is 0.0440 e. The maximum absolute atomic E-state index is 2.27. The van der Waals surface area contributed by atoms with Crippen LogP contribution in [0.1, 0.15) is 25.3 Å². The molecule has 1 heteroatoms. The molecule has 0 N–H and O–H groups in total. The lowest BCUT2D eigenvalue weighted by atomic mass is 10.1. The smallest absolute Gasteiger partial charge is 0.0440 e. The van der Waals surface area contributed by atoms with Crippen molar-refractivity contribution in [3.63, 3.8) is 0 Å². The normalized spacial score (nSPS) is 10.3. The van der Waals surface area contributed by atoms with Gasteiger partial charge in [-0.15, -0.1) is 0 Å². The highest BCUT2D eigenvalue weighted by molar-refractivity contribution is 5.65. The summed E-state index contributed by atoms with van der Waals surface area (Å²) in [7, 11) is 2.14. The molecule has 0 bridgehead atoms. The van der Waals surface area contributed by atoms with Crippen molar-refractivity contribution in [1.29, 1.82) is 0 Å². The first-order valence-electron chi connectivity index (χ1n) is 6.69. The molecule has 0 aliphatic heterocycles. The van der Waals surface area contributed by atoms with E-state index in [0.717, 1.165) is 6.42 Å². The molecule has 0 spiro atoms. The monoisotopic (exact) mass is 239 g/mol. The van der Waals surface area contributed by atoms with Crippen molar-refractivity contribution in [2.75, 3.05) is 11.9 Å². The Morgan fingerprint density at radius 2 is 1.56 bits per heavy atom. The molecule has 0 saturated carbocycles. The Morgan fingerprint density at radius 1 is 0.889 bits per heavy atom. The molecule has 2 aromatic carbocycles. The second-order valence-electron chi connectivity index (χ2n) is 4.63. The van der Waals surface area contributed by atoms with E-state index in [0.29, 0.717) is 0 Å². The minimum atomic E-state index is 1.16. The van der Waals surface area contributed by atoms with Crippen LogP contribution in [0.15, 0.2) is 54.6 Å². The second-order valence-corrected chi connectivity index (χ2v) is 4.63. The molecule has 0 atom stereocenters. The van der Waals surface area contributed by atoms with Crippen LogP contribution in [0.5, 0.6) is 0 Å². The van der Waals surface area contributed by atoms with E-state index in [1.807, 2.05) is 0 Å². The van der Waals surface area contributed by atoms with Gasteiger partial charge in [0, 0.05) is 18.4 Å². The Morgan fingerprint density at radius 3 is 2.28 bits per heavy atom. The molecule has 0 aliphatic carbocycles. The van der Waals surface area contributed by atoms with Crippen molar-refractivity contribution in [2.45, 2.75) is 26.2 Å². The minimum absolute atomic E-state index is 1.16. The molecule has 0 fully saturated rings. The van der Waals surface area contributed by atoms with Crippen LogP contribution in [0.2, 0.25) is 0 Å². The van der Waals surface area contributed by atoms with E-state index in [9.17, 15) is 0 Å². The zero-order valence-electron chi connectivity index (χ0n) is 11.3. The summed E-state index contributed by atoms with van der Waals surface area (Å²) in [5.74, 6) is 0. The van der Waals surface area contributed by atoms with Crippen LogP contribution in [0.3, 0.4) is 0 Å². The largest absolute Gasteiger partial charge is 0.344 e. The highest BCUT2D eigenvalue weighted by atomic mass is 15.1. The first-order valence-corrected chi connectivity index (χ1v) is 6.69. The fraction of sp³-hybridized carbons (Fsp3) is 0.294. The van der Waals surface area contributed by atoms with E-state index in [4.69, 9.17) is 0 Å². The van der Waals surface area contributed by atoms with Gasteiger partial charge in [0.05, 0.1) is 0 Å². The number of hydrogen-bond donors (Lipinski definition) is 0.